The van der Waals surface area contributed by atoms with Gasteiger partial charge in [-0.1, -0.05) is 17.7 Å². The number of hydrogen-bond acceptors (Lipinski definition) is 4. The Balaban J connectivity index is 1.63. The Bertz CT molecular complexity index is 1100. The minimum absolute atomic E-state index is 0.123. The van der Waals surface area contributed by atoms with Crippen molar-refractivity contribution in [3.8, 4) is 5.69 Å². The highest BCUT2D eigenvalue weighted by molar-refractivity contribution is 8.18. The summed E-state index contributed by atoms with van der Waals surface area (Å²) in [5, 5.41) is 3.45. The second-order valence-electron chi connectivity index (χ2n) is 6.69. The van der Waals surface area contributed by atoms with E-state index >= 15 is 0 Å². The average molecular weight is 388 g/mol. The molecule has 0 bridgehead atoms. The van der Waals surface area contributed by atoms with E-state index in [1.807, 2.05) is 69.4 Å². The molecule has 140 valence electrons. The van der Waals surface area contributed by atoms with Crippen LogP contribution in [0.2, 0.25) is 0 Å². The summed E-state index contributed by atoms with van der Waals surface area (Å²) >= 11 is 1.36. The van der Waals surface area contributed by atoms with E-state index in [4.69, 9.17) is 0 Å². The third-order valence-electron chi connectivity index (χ3n) is 4.58. The highest BCUT2D eigenvalue weighted by Gasteiger charge is 2.24. The topological polar surface area (TPSA) is 59.3 Å². The van der Waals surface area contributed by atoms with Crippen molar-refractivity contribution in [1.29, 1.82) is 0 Å². The molecule has 5 nitrogen and oxygen atoms in total. The molecule has 1 saturated heterocycles. The van der Waals surface area contributed by atoms with Crippen LogP contribution >= 0.6 is 11.8 Å². The standard InChI is InChI=1S/C22H20N4OS/c1-14-6-8-18(9-7-14)24-22-25-21(27)20(28-22)12-17-11-15(2)26(16(17)3)19-5-4-10-23-13-19/h4-13H,1-3H3,(H,24,25,27). The molecule has 0 spiro atoms. The Morgan fingerprint density at radius 2 is 1.93 bits per heavy atom. The SMILES string of the molecule is Cc1ccc(N=C2NC(=O)C(=Cc3cc(C)n(-c4cccnc4)c3C)S2)cc1. The molecule has 1 aliphatic rings. The van der Waals surface area contributed by atoms with Gasteiger partial charge in [-0.15, -0.1) is 0 Å². The molecule has 1 aliphatic heterocycles. The molecule has 0 aliphatic carbocycles. The molecule has 2 aromatic heterocycles. The molecule has 28 heavy (non-hydrogen) atoms. The number of rotatable bonds is 3. The Morgan fingerprint density at radius 3 is 2.64 bits per heavy atom. The summed E-state index contributed by atoms with van der Waals surface area (Å²) in [6.07, 6.45) is 5.52. The van der Waals surface area contributed by atoms with E-state index in [2.05, 4.69) is 25.9 Å². The van der Waals surface area contributed by atoms with E-state index in [0.717, 1.165) is 28.3 Å². The van der Waals surface area contributed by atoms with Gasteiger partial charge < -0.3 is 9.88 Å². The fraction of sp³-hybridized carbons (Fsp3) is 0.136. The number of benzene rings is 1. The Hall–Kier alpha value is -3.12. The summed E-state index contributed by atoms with van der Waals surface area (Å²) in [6.45, 7) is 6.13. The largest absolute Gasteiger partial charge is 0.316 e. The van der Waals surface area contributed by atoms with E-state index in [0.29, 0.717) is 10.1 Å². The minimum atomic E-state index is -0.123. The Morgan fingerprint density at radius 1 is 1.14 bits per heavy atom. The van der Waals surface area contributed by atoms with Crippen LogP contribution in [-0.4, -0.2) is 20.6 Å². The van der Waals surface area contributed by atoms with Crippen molar-refractivity contribution in [2.45, 2.75) is 20.8 Å². The average Bonchev–Trinajstić information content (AvgIpc) is 3.16. The minimum Gasteiger partial charge on any atom is -0.316 e. The maximum absolute atomic E-state index is 12.4. The zero-order valence-electron chi connectivity index (χ0n) is 15.9. The van der Waals surface area contributed by atoms with E-state index in [1.165, 1.54) is 17.3 Å². The summed E-state index contributed by atoms with van der Waals surface area (Å²) in [5.41, 5.74) is 6.17. The number of carbonyl (C=O) groups excluding carboxylic acids is 1. The van der Waals surface area contributed by atoms with Crippen molar-refractivity contribution < 1.29 is 4.79 Å². The van der Waals surface area contributed by atoms with Crippen molar-refractivity contribution in [1.82, 2.24) is 14.9 Å². The highest BCUT2D eigenvalue weighted by atomic mass is 32.2. The smallest absolute Gasteiger partial charge is 0.264 e. The van der Waals surface area contributed by atoms with Crippen molar-refractivity contribution >= 4 is 34.6 Å². The number of aryl methyl sites for hydroxylation is 2. The van der Waals surface area contributed by atoms with Gasteiger partial charge in [0.15, 0.2) is 5.17 Å². The van der Waals surface area contributed by atoms with Crippen LogP contribution < -0.4 is 5.32 Å². The molecule has 1 N–H and O–H groups in total. The molecule has 1 fully saturated rings. The molecular weight excluding hydrogens is 368 g/mol. The predicted octanol–water partition coefficient (Wildman–Crippen LogP) is 4.69. The molecule has 1 amide bonds. The summed E-state index contributed by atoms with van der Waals surface area (Å²) in [5.74, 6) is -0.123. The maximum Gasteiger partial charge on any atom is 0.264 e. The molecule has 3 heterocycles. The van der Waals surface area contributed by atoms with Gasteiger partial charge in [-0.05, 0) is 74.5 Å². The summed E-state index contributed by atoms with van der Waals surface area (Å²) in [4.78, 5) is 21.8. The first-order chi connectivity index (χ1) is 13.5. The summed E-state index contributed by atoms with van der Waals surface area (Å²) in [6, 6.07) is 13.9. The van der Waals surface area contributed by atoms with Gasteiger partial charge in [-0.2, -0.15) is 0 Å². The van der Waals surface area contributed by atoms with Crippen LogP contribution in [0.1, 0.15) is 22.5 Å². The normalized spacial score (nSPS) is 16.8. The number of thioether (sulfide) groups is 1. The number of aromatic nitrogens is 2. The molecule has 3 aromatic rings. The molecule has 4 rings (SSSR count). The third-order valence-corrected chi connectivity index (χ3v) is 5.49. The molecule has 0 saturated carbocycles. The summed E-state index contributed by atoms with van der Waals surface area (Å²) in [7, 11) is 0. The number of nitrogens with one attached hydrogen (secondary N) is 1. The number of nitrogens with zero attached hydrogens (tertiary/aromatic N) is 3. The molecule has 1 aromatic carbocycles. The van der Waals surface area contributed by atoms with Gasteiger partial charge in [0, 0.05) is 17.6 Å². The predicted molar refractivity (Wildman–Crippen MR) is 115 cm³/mol. The zero-order valence-corrected chi connectivity index (χ0v) is 16.7. The fourth-order valence-corrected chi connectivity index (χ4v) is 4.01. The first-order valence-electron chi connectivity index (χ1n) is 8.97. The van der Waals surface area contributed by atoms with Crippen molar-refractivity contribution in [3.05, 3.63) is 82.3 Å². The number of aliphatic imine (C=N–C) groups is 1. The molecule has 0 radical (unpaired) electrons. The van der Waals surface area contributed by atoms with Crippen LogP contribution in [0.3, 0.4) is 0 Å². The number of carbonyl (C=O) groups is 1. The second-order valence-corrected chi connectivity index (χ2v) is 7.72. The summed E-state index contributed by atoms with van der Waals surface area (Å²) < 4.78 is 2.14. The highest BCUT2D eigenvalue weighted by Crippen LogP contribution is 2.30. The van der Waals surface area contributed by atoms with Crippen molar-refractivity contribution in [3.63, 3.8) is 0 Å². The third kappa shape index (κ3) is 3.64. The van der Waals surface area contributed by atoms with Gasteiger partial charge in [0.2, 0.25) is 0 Å². The van der Waals surface area contributed by atoms with Crippen molar-refractivity contribution in [2.24, 2.45) is 4.99 Å². The first-order valence-corrected chi connectivity index (χ1v) is 9.78. The Kier molecular flexibility index (Phi) is 4.88. The number of amides is 1. The quantitative estimate of drug-likeness (QED) is 0.662. The van der Waals surface area contributed by atoms with Crippen LogP contribution in [0.25, 0.3) is 11.8 Å². The van der Waals surface area contributed by atoms with Gasteiger partial charge in [0.25, 0.3) is 5.91 Å². The lowest BCUT2D eigenvalue weighted by Gasteiger charge is -2.08. The van der Waals surface area contributed by atoms with E-state index in [9.17, 15) is 4.79 Å². The molecular formula is C22H20N4OS. The lowest BCUT2D eigenvalue weighted by atomic mass is 10.2. The van der Waals surface area contributed by atoms with E-state index in [-0.39, 0.29) is 5.91 Å². The zero-order chi connectivity index (χ0) is 19.7. The van der Waals surface area contributed by atoms with Gasteiger partial charge in [-0.3, -0.25) is 9.78 Å². The molecule has 0 unspecified atom stereocenters. The number of amidine groups is 1. The van der Waals surface area contributed by atoms with Gasteiger partial charge in [0.1, 0.15) is 0 Å². The van der Waals surface area contributed by atoms with Crippen LogP contribution in [0, 0.1) is 20.8 Å². The van der Waals surface area contributed by atoms with E-state index < -0.39 is 0 Å². The molecule has 6 heteroatoms. The molecule has 0 atom stereocenters. The Labute approximate surface area is 168 Å². The maximum atomic E-state index is 12.4. The second kappa shape index (κ2) is 7.48. The van der Waals surface area contributed by atoms with Crippen molar-refractivity contribution in [2.75, 3.05) is 0 Å². The number of pyridine rings is 1. The van der Waals surface area contributed by atoms with Crippen LogP contribution in [0.15, 0.2) is 64.8 Å². The van der Waals surface area contributed by atoms with Crippen LogP contribution in [0.5, 0.6) is 0 Å². The van der Waals surface area contributed by atoms with Gasteiger partial charge in [0.05, 0.1) is 22.5 Å². The van der Waals surface area contributed by atoms with Gasteiger partial charge in [-0.25, -0.2) is 4.99 Å². The fourth-order valence-electron chi connectivity index (χ4n) is 3.18. The van der Waals surface area contributed by atoms with E-state index in [1.54, 1.807) is 6.20 Å². The lowest BCUT2D eigenvalue weighted by molar-refractivity contribution is -0.115. The first kappa shape index (κ1) is 18.3. The monoisotopic (exact) mass is 388 g/mol. The van der Waals surface area contributed by atoms with Crippen LogP contribution in [0.4, 0.5) is 5.69 Å². The van der Waals surface area contributed by atoms with Gasteiger partial charge >= 0.3 is 0 Å². The van der Waals surface area contributed by atoms with Crippen LogP contribution in [-0.2, 0) is 4.79 Å². The number of hydrogen-bond donors (Lipinski definition) is 1. The lowest BCUT2D eigenvalue weighted by Crippen LogP contribution is -2.19.